The monoisotopic (exact) mass is 274 g/mol. The highest BCUT2D eigenvalue weighted by molar-refractivity contribution is 5.13. The van der Waals surface area contributed by atoms with Gasteiger partial charge < -0.3 is 10.3 Å². The van der Waals surface area contributed by atoms with Crippen molar-refractivity contribution < 1.29 is 0 Å². The van der Waals surface area contributed by atoms with Crippen LogP contribution in [-0.2, 0) is 5.54 Å². The summed E-state index contributed by atoms with van der Waals surface area (Å²) in [5.41, 5.74) is 6.60. The molecule has 0 amide bonds. The Balaban J connectivity index is 1.79. The van der Waals surface area contributed by atoms with Gasteiger partial charge in [0.05, 0.1) is 6.04 Å². The largest absolute Gasteiger partial charge is 0.321 e. The minimum Gasteiger partial charge on any atom is -0.321 e. The number of hydrogen-bond acceptors (Lipinski definition) is 3. The second kappa shape index (κ2) is 4.30. The van der Waals surface area contributed by atoms with Crippen LogP contribution in [0, 0.1) is 24.7 Å². The number of hydrogen-bond donors (Lipinski definition) is 1. The molecule has 20 heavy (non-hydrogen) atoms. The van der Waals surface area contributed by atoms with E-state index in [1.807, 2.05) is 0 Å². The van der Waals surface area contributed by atoms with Crippen LogP contribution in [-0.4, -0.2) is 14.8 Å². The SMILES string of the molecule is CCC(N)c1nnc(C)n1C12CC3CC(CC(C3)C1)C2. The summed E-state index contributed by atoms with van der Waals surface area (Å²) in [6.07, 6.45) is 9.34. The van der Waals surface area contributed by atoms with Gasteiger partial charge >= 0.3 is 0 Å². The third-order valence-corrected chi connectivity index (χ3v) is 6.10. The minimum atomic E-state index is 0.0317. The number of nitrogens with two attached hydrogens (primary N) is 1. The normalized spacial score (nSPS) is 40.2. The summed E-state index contributed by atoms with van der Waals surface area (Å²) < 4.78 is 2.46. The fourth-order valence-electron chi connectivity index (χ4n) is 5.73. The second-order valence-corrected chi connectivity index (χ2v) is 7.60. The molecular formula is C16H26N4. The van der Waals surface area contributed by atoms with Crippen molar-refractivity contribution in [1.29, 1.82) is 0 Å². The predicted octanol–water partition coefficient (Wildman–Crippen LogP) is 2.92. The first kappa shape index (κ1) is 12.8. The molecule has 4 aliphatic carbocycles. The van der Waals surface area contributed by atoms with E-state index in [1.54, 1.807) is 0 Å². The molecule has 4 aliphatic rings. The summed E-state index contributed by atoms with van der Waals surface area (Å²) in [6, 6.07) is 0.0317. The molecule has 1 unspecified atom stereocenters. The lowest BCUT2D eigenvalue weighted by Gasteiger charge is -2.57. The first-order valence-corrected chi connectivity index (χ1v) is 8.29. The van der Waals surface area contributed by atoms with E-state index in [0.717, 1.165) is 35.8 Å². The summed E-state index contributed by atoms with van der Waals surface area (Å²) in [5, 5.41) is 8.81. The Bertz CT molecular complexity index is 483. The van der Waals surface area contributed by atoms with Crippen LogP contribution in [0.15, 0.2) is 0 Å². The van der Waals surface area contributed by atoms with Crippen molar-refractivity contribution in [2.24, 2.45) is 23.5 Å². The molecule has 0 saturated heterocycles. The van der Waals surface area contributed by atoms with Crippen molar-refractivity contribution in [3.8, 4) is 0 Å². The Morgan fingerprint density at radius 1 is 1.15 bits per heavy atom. The zero-order valence-electron chi connectivity index (χ0n) is 12.7. The van der Waals surface area contributed by atoms with Gasteiger partial charge in [-0.2, -0.15) is 0 Å². The van der Waals surface area contributed by atoms with Crippen molar-refractivity contribution in [1.82, 2.24) is 14.8 Å². The molecule has 1 atom stereocenters. The van der Waals surface area contributed by atoms with Crippen LogP contribution in [0.25, 0.3) is 0 Å². The van der Waals surface area contributed by atoms with Crippen LogP contribution in [0.4, 0.5) is 0 Å². The predicted molar refractivity (Wildman–Crippen MR) is 78.1 cm³/mol. The van der Waals surface area contributed by atoms with E-state index in [9.17, 15) is 0 Å². The summed E-state index contributed by atoms with van der Waals surface area (Å²) >= 11 is 0. The van der Waals surface area contributed by atoms with Crippen molar-refractivity contribution in [2.75, 3.05) is 0 Å². The molecule has 1 aromatic rings. The molecule has 110 valence electrons. The van der Waals surface area contributed by atoms with Gasteiger partial charge in [0.25, 0.3) is 0 Å². The van der Waals surface area contributed by atoms with Gasteiger partial charge in [-0.05, 0) is 69.6 Å². The van der Waals surface area contributed by atoms with Crippen molar-refractivity contribution in [2.45, 2.75) is 70.4 Å². The third kappa shape index (κ3) is 1.70. The smallest absolute Gasteiger partial charge is 0.150 e. The van der Waals surface area contributed by atoms with Crippen molar-refractivity contribution in [3.05, 3.63) is 11.6 Å². The van der Waals surface area contributed by atoms with Crippen LogP contribution in [0.5, 0.6) is 0 Å². The van der Waals surface area contributed by atoms with Gasteiger partial charge in [-0.3, -0.25) is 0 Å². The van der Waals surface area contributed by atoms with E-state index in [2.05, 4.69) is 28.6 Å². The zero-order chi connectivity index (χ0) is 13.9. The molecule has 4 heteroatoms. The first-order chi connectivity index (χ1) is 9.61. The number of aryl methyl sites for hydroxylation is 1. The summed E-state index contributed by atoms with van der Waals surface area (Å²) in [5.74, 6) is 4.93. The Labute approximate surface area is 121 Å². The number of rotatable bonds is 3. The summed E-state index contributed by atoms with van der Waals surface area (Å²) in [4.78, 5) is 0. The quantitative estimate of drug-likeness (QED) is 0.922. The Kier molecular flexibility index (Phi) is 2.75. The number of nitrogens with zero attached hydrogens (tertiary/aromatic N) is 3. The van der Waals surface area contributed by atoms with Crippen LogP contribution in [0.1, 0.15) is 69.6 Å². The van der Waals surface area contributed by atoms with Gasteiger partial charge in [0.1, 0.15) is 11.6 Å². The Morgan fingerprint density at radius 2 is 1.70 bits per heavy atom. The summed E-state index contributed by atoms with van der Waals surface area (Å²) in [7, 11) is 0. The van der Waals surface area contributed by atoms with E-state index >= 15 is 0 Å². The molecule has 2 N–H and O–H groups in total. The lowest BCUT2D eigenvalue weighted by Crippen LogP contribution is -2.52. The molecular weight excluding hydrogens is 248 g/mol. The van der Waals surface area contributed by atoms with Crippen LogP contribution < -0.4 is 5.73 Å². The van der Waals surface area contributed by atoms with Gasteiger partial charge in [0, 0.05) is 5.54 Å². The van der Waals surface area contributed by atoms with Crippen molar-refractivity contribution in [3.63, 3.8) is 0 Å². The molecule has 4 bridgehead atoms. The lowest BCUT2D eigenvalue weighted by atomic mass is 9.53. The van der Waals surface area contributed by atoms with E-state index in [-0.39, 0.29) is 6.04 Å². The van der Waals surface area contributed by atoms with Crippen LogP contribution >= 0.6 is 0 Å². The van der Waals surface area contributed by atoms with Crippen LogP contribution in [0.3, 0.4) is 0 Å². The molecule has 1 aromatic heterocycles. The van der Waals surface area contributed by atoms with Gasteiger partial charge in [0.2, 0.25) is 0 Å². The lowest BCUT2D eigenvalue weighted by molar-refractivity contribution is -0.0459. The van der Waals surface area contributed by atoms with E-state index < -0.39 is 0 Å². The van der Waals surface area contributed by atoms with Gasteiger partial charge in [0.15, 0.2) is 0 Å². The van der Waals surface area contributed by atoms with Gasteiger partial charge in [-0.15, -0.1) is 10.2 Å². The maximum atomic E-state index is 6.30. The Morgan fingerprint density at radius 3 is 2.20 bits per heavy atom. The molecule has 4 fully saturated rings. The maximum absolute atomic E-state index is 6.30. The highest BCUT2D eigenvalue weighted by Crippen LogP contribution is 2.59. The number of aromatic nitrogens is 3. The molecule has 0 radical (unpaired) electrons. The van der Waals surface area contributed by atoms with E-state index in [0.29, 0.717) is 5.54 Å². The average molecular weight is 274 g/mol. The highest BCUT2D eigenvalue weighted by atomic mass is 15.3. The van der Waals surface area contributed by atoms with Crippen molar-refractivity contribution >= 4 is 0 Å². The molecule has 1 heterocycles. The Hall–Kier alpha value is -0.900. The maximum Gasteiger partial charge on any atom is 0.150 e. The minimum absolute atomic E-state index is 0.0317. The molecule has 0 spiro atoms. The summed E-state index contributed by atoms with van der Waals surface area (Å²) in [6.45, 7) is 4.25. The molecule has 4 saturated carbocycles. The zero-order valence-corrected chi connectivity index (χ0v) is 12.7. The van der Waals surface area contributed by atoms with Gasteiger partial charge in [-0.1, -0.05) is 6.92 Å². The van der Waals surface area contributed by atoms with E-state index in [1.165, 1.54) is 38.5 Å². The fraction of sp³-hybridized carbons (Fsp3) is 0.875. The molecule has 4 nitrogen and oxygen atoms in total. The fourth-order valence-corrected chi connectivity index (χ4v) is 5.73. The third-order valence-electron chi connectivity index (χ3n) is 6.10. The second-order valence-electron chi connectivity index (χ2n) is 7.60. The van der Waals surface area contributed by atoms with Crippen LogP contribution in [0.2, 0.25) is 0 Å². The molecule has 0 aliphatic heterocycles. The average Bonchev–Trinajstić information content (AvgIpc) is 2.79. The topological polar surface area (TPSA) is 56.7 Å². The molecule has 0 aromatic carbocycles. The standard InChI is InChI=1S/C16H26N4/c1-3-14(17)15-19-18-10(2)20(15)16-7-11-4-12(8-16)6-13(5-11)9-16/h11-14H,3-9,17H2,1-2H3. The molecule has 5 rings (SSSR count). The van der Waals surface area contributed by atoms with E-state index in [4.69, 9.17) is 5.73 Å². The van der Waals surface area contributed by atoms with Gasteiger partial charge in [-0.25, -0.2) is 0 Å². The highest BCUT2D eigenvalue weighted by Gasteiger charge is 2.53. The first-order valence-electron chi connectivity index (χ1n) is 8.29.